The number of carboxylic acids is 2. The number of nitriles is 1. The summed E-state index contributed by atoms with van der Waals surface area (Å²) >= 11 is 0. The second kappa shape index (κ2) is 6.91. The molecule has 0 saturated carbocycles. The molecular formula is C13H13N3O5. The fourth-order valence-electron chi connectivity index (χ4n) is 1.59. The average Bonchev–Trinajstić information content (AvgIpc) is 2.45. The molecule has 0 aliphatic rings. The molecule has 110 valence electrons. The van der Waals surface area contributed by atoms with E-state index < -0.39 is 30.4 Å². The van der Waals surface area contributed by atoms with Gasteiger partial charge in [-0.15, -0.1) is 0 Å². The van der Waals surface area contributed by atoms with Crippen molar-refractivity contribution in [3.8, 4) is 6.07 Å². The van der Waals surface area contributed by atoms with Crippen molar-refractivity contribution in [2.45, 2.75) is 12.5 Å². The van der Waals surface area contributed by atoms with Gasteiger partial charge < -0.3 is 15.5 Å². The Morgan fingerprint density at radius 3 is 2.48 bits per heavy atom. The normalized spacial score (nSPS) is 11.0. The fraction of sp³-hybridized carbons (Fsp3) is 0.231. The van der Waals surface area contributed by atoms with Crippen molar-refractivity contribution >= 4 is 23.7 Å². The van der Waals surface area contributed by atoms with E-state index in [-0.39, 0.29) is 11.3 Å². The molecule has 0 unspecified atom stereocenters. The van der Waals surface area contributed by atoms with Crippen molar-refractivity contribution in [3.63, 3.8) is 0 Å². The molecule has 0 aromatic heterocycles. The minimum absolute atomic E-state index is 0.236. The molecule has 1 aromatic rings. The predicted octanol–water partition coefficient (Wildman–Crippen LogP) is 0.632. The van der Waals surface area contributed by atoms with E-state index in [1.165, 1.54) is 19.2 Å². The number of para-hydroxylation sites is 1. The fourth-order valence-corrected chi connectivity index (χ4v) is 1.59. The summed E-state index contributed by atoms with van der Waals surface area (Å²) in [7, 11) is 1.35. The lowest BCUT2D eigenvalue weighted by Gasteiger charge is -2.21. The van der Waals surface area contributed by atoms with Gasteiger partial charge in [0.25, 0.3) is 0 Å². The SMILES string of the molecule is CN(C(=O)N[C@@H](CC(=O)O)C(=O)O)c1ccccc1C#N. The van der Waals surface area contributed by atoms with Crippen LogP contribution >= 0.6 is 0 Å². The molecule has 0 aliphatic carbocycles. The zero-order valence-electron chi connectivity index (χ0n) is 11.1. The molecule has 0 spiro atoms. The van der Waals surface area contributed by atoms with Gasteiger partial charge in [0, 0.05) is 7.05 Å². The zero-order chi connectivity index (χ0) is 16.0. The topological polar surface area (TPSA) is 131 Å². The standard InChI is InChI=1S/C13H13N3O5/c1-16(10-5-3-2-4-8(10)7-14)13(21)15-9(12(19)20)6-11(17)18/h2-5,9H,6H2,1H3,(H,15,21)(H,17,18)(H,19,20)/t9-/m0/s1. The summed E-state index contributed by atoms with van der Waals surface area (Å²) in [6.07, 6.45) is -0.741. The first kappa shape index (κ1) is 16.0. The predicted molar refractivity (Wildman–Crippen MR) is 71.8 cm³/mol. The third-order valence-corrected chi connectivity index (χ3v) is 2.67. The highest BCUT2D eigenvalue weighted by atomic mass is 16.4. The van der Waals surface area contributed by atoms with Crippen LogP contribution in [0.15, 0.2) is 24.3 Å². The number of benzene rings is 1. The maximum atomic E-state index is 12.0. The molecule has 1 aromatic carbocycles. The van der Waals surface area contributed by atoms with Crippen molar-refractivity contribution in [2.24, 2.45) is 0 Å². The monoisotopic (exact) mass is 291 g/mol. The molecule has 3 N–H and O–H groups in total. The van der Waals surface area contributed by atoms with Gasteiger partial charge in [0.05, 0.1) is 17.7 Å². The summed E-state index contributed by atoms with van der Waals surface area (Å²) in [4.78, 5) is 34.5. The molecule has 0 saturated heterocycles. The molecule has 8 heteroatoms. The van der Waals surface area contributed by atoms with E-state index in [0.29, 0.717) is 0 Å². The van der Waals surface area contributed by atoms with Crippen LogP contribution in [0.4, 0.5) is 10.5 Å². The highest BCUT2D eigenvalue weighted by Gasteiger charge is 2.25. The molecule has 1 rings (SSSR count). The Morgan fingerprint density at radius 2 is 1.95 bits per heavy atom. The minimum Gasteiger partial charge on any atom is -0.481 e. The first-order chi connectivity index (χ1) is 9.86. The van der Waals surface area contributed by atoms with Crippen LogP contribution in [0.5, 0.6) is 0 Å². The Kier molecular flexibility index (Phi) is 5.25. The Bertz CT molecular complexity index is 608. The zero-order valence-corrected chi connectivity index (χ0v) is 11.1. The van der Waals surface area contributed by atoms with Gasteiger partial charge in [-0.3, -0.25) is 9.69 Å². The number of urea groups is 1. The molecule has 2 amide bonds. The van der Waals surface area contributed by atoms with Crippen LogP contribution in [0.3, 0.4) is 0 Å². The van der Waals surface area contributed by atoms with Crippen LogP contribution in [0, 0.1) is 11.3 Å². The summed E-state index contributed by atoms with van der Waals surface area (Å²) < 4.78 is 0. The number of carbonyl (C=O) groups is 3. The van der Waals surface area contributed by atoms with Crippen LogP contribution in [-0.4, -0.2) is 41.3 Å². The molecule has 0 fully saturated rings. The van der Waals surface area contributed by atoms with Crippen molar-refractivity contribution < 1.29 is 24.6 Å². The minimum atomic E-state index is -1.55. The molecule has 1 atom stereocenters. The number of amides is 2. The van der Waals surface area contributed by atoms with Gasteiger partial charge in [-0.1, -0.05) is 12.1 Å². The third kappa shape index (κ3) is 4.21. The summed E-state index contributed by atoms with van der Waals surface area (Å²) in [5.41, 5.74) is 0.525. The van der Waals surface area contributed by atoms with Crippen LogP contribution < -0.4 is 10.2 Å². The van der Waals surface area contributed by atoms with E-state index in [1.807, 2.05) is 6.07 Å². The van der Waals surface area contributed by atoms with Crippen LogP contribution in [-0.2, 0) is 9.59 Å². The van der Waals surface area contributed by atoms with Gasteiger partial charge >= 0.3 is 18.0 Å². The first-order valence-electron chi connectivity index (χ1n) is 5.84. The van der Waals surface area contributed by atoms with Crippen LogP contribution in [0.2, 0.25) is 0 Å². The Morgan fingerprint density at radius 1 is 1.33 bits per heavy atom. The second-order valence-electron chi connectivity index (χ2n) is 4.13. The van der Waals surface area contributed by atoms with Gasteiger partial charge in [0.15, 0.2) is 0 Å². The Labute approximate surface area is 120 Å². The highest BCUT2D eigenvalue weighted by Crippen LogP contribution is 2.18. The molecule has 0 heterocycles. The van der Waals surface area contributed by atoms with Gasteiger partial charge in [0.1, 0.15) is 12.1 Å². The number of carbonyl (C=O) groups excluding carboxylic acids is 1. The molecule has 21 heavy (non-hydrogen) atoms. The Balaban J connectivity index is 2.89. The average molecular weight is 291 g/mol. The number of carboxylic acid groups (broad SMARTS) is 2. The maximum Gasteiger partial charge on any atom is 0.326 e. The van der Waals surface area contributed by atoms with Crippen LogP contribution in [0.1, 0.15) is 12.0 Å². The van der Waals surface area contributed by atoms with Crippen LogP contribution in [0.25, 0.3) is 0 Å². The number of hydrogen-bond donors (Lipinski definition) is 3. The summed E-state index contributed by atoms with van der Waals surface area (Å²) in [6.45, 7) is 0. The van der Waals surface area contributed by atoms with E-state index in [2.05, 4.69) is 5.32 Å². The largest absolute Gasteiger partial charge is 0.481 e. The number of hydrogen-bond acceptors (Lipinski definition) is 4. The smallest absolute Gasteiger partial charge is 0.326 e. The number of anilines is 1. The number of nitrogens with one attached hydrogen (secondary N) is 1. The van der Waals surface area contributed by atoms with E-state index in [0.717, 1.165) is 4.90 Å². The van der Waals surface area contributed by atoms with Gasteiger partial charge in [-0.05, 0) is 12.1 Å². The maximum absolute atomic E-state index is 12.0. The highest BCUT2D eigenvalue weighted by molar-refractivity contribution is 5.95. The lowest BCUT2D eigenvalue weighted by Crippen LogP contribution is -2.47. The molecule has 0 aliphatic heterocycles. The first-order valence-corrected chi connectivity index (χ1v) is 5.84. The summed E-state index contributed by atoms with van der Waals surface area (Å²) in [5, 5.41) is 28.5. The summed E-state index contributed by atoms with van der Waals surface area (Å²) in [6, 6.07) is 5.81. The molecule has 0 radical (unpaired) electrons. The third-order valence-electron chi connectivity index (χ3n) is 2.67. The Hall–Kier alpha value is -3.08. The van der Waals surface area contributed by atoms with Crippen molar-refractivity contribution in [1.29, 1.82) is 5.26 Å². The number of aliphatic carboxylic acids is 2. The molecular weight excluding hydrogens is 278 g/mol. The van der Waals surface area contributed by atoms with E-state index >= 15 is 0 Å². The van der Waals surface area contributed by atoms with Crippen molar-refractivity contribution in [1.82, 2.24) is 5.32 Å². The van der Waals surface area contributed by atoms with Crippen molar-refractivity contribution in [2.75, 3.05) is 11.9 Å². The van der Waals surface area contributed by atoms with E-state index in [1.54, 1.807) is 12.1 Å². The second-order valence-corrected chi connectivity index (χ2v) is 4.13. The van der Waals surface area contributed by atoms with Gasteiger partial charge in [0.2, 0.25) is 0 Å². The lowest BCUT2D eigenvalue weighted by molar-refractivity contribution is -0.145. The molecule has 0 bridgehead atoms. The van der Waals surface area contributed by atoms with E-state index in [4.69, 9.17) is 15.5 Å². The number of rotatable bonds is 5. The lowest BCUT2D eigenvalue weighted by atomic mass is 10.2. The van der Waals surface area contributed by atoms with E-state index in [9.17, 15) is 14.4 Å². The van der Waals surface area contributed by atoms with Crippen molar-refractivity contribution in [3.05, 3.63) is 29.8 Å². The quantitative estimate of drug-likeness (QED) is 0.729. The molecule has 8 nitrogen and oxygen atoms in total. The number of nitrogens with zero attached hydrogens (tertiary/aromatic N) is 2. The summed E-state index contributed by atoms with van der Waals surface area (Å²) in [5.74, 6) is -2.80. The van der Waals surface area contributed by atoms with Gasteiger partial charge in [-0.25, -0.2) is 9.59 Å². The van der Waals surface area contributed by atoms with Gasteiger partial charge in [-0.2, -0.15) is 5.26 Å².